The van der Waals surface area contributed by atoms with Gasteiger partial charge in [-0.05, 0) is 32.4 Å². The van der Waals surface area contributed by atoms with Crippen molar-refractivity contribution in [1.29, 1.82) is 5.26 Å². The van der Waals surface area contributed by atoms with Gasteiger partial charge in [0.15, 0.2) is 0 Å². The lowest BCUT2D eigenvalue weighted by atomic mass is 10.0. The van der Waals surface area contributed by atoms with Crippen LogP contribution in [-0.4, -0.2) is 12.6 Å². The molecule has 0 aliphatic carbocycles. The van der Waals surface area contributed by atoms with Crippen molar-refractivity contribution in [2.24, 2.45) is 0 Å². The number of nitriles is 1. The molecule has 0 aromatic heterocycles. The molecule has 0 fully saturated rings. The average molecular weight is 252 g/mol. The van der Waals surface area contributed by atoms with Gasteiger partial charge in [-0.2, -0.15) is 5.26 Å². The number of anilines is 1. The molecule has 2 rings (SSSR count). The molecule has 2 heteroatoms. The van der Waals surface area contributed by atoms with E-state index in [1.807, 2.05) is 24.3 Å². The Morgan fingerprint density at radius 3 is 2.37 bits per heavy atom. The largest absolute Gasteiger partial charge is 0.369 e. The van der Waals surface area contributed by atoms with Gasteiger partial charge in [0.25, 0.3) is 0 Å². The van der Waals surface area contributed by atoms with E-state index in [9.17, 15) is 5.26 Å². The highest BCUT2D eigenvalue weighted by Crippen LogP contribution is 2.30. The molecule has 0 amide bonds. The van der Waals surface area contributed by atoms with Crippen LogP contribution in [0.3, 0.4) is 0 Å². The van der Waals surface area contributed by atoms with Crippen molar-refractivity contribution in [2.75, 3.05) is 11.4 Å². The Kier molecular flexibility index (Phi) is 4.06. The van der Waals surface area contributed by atoms with Gasteiger partial charge in [-0.15, -0.1) is 0 Å². The Bertz CT molecular complexity index is 608. The third-order valence-electron chi connectivity index (χ3n) is 3.42. The Hall–Kier alpha value is -2.01. The fourth-order valence-electron chi connectivity index (χ4n) is 2.53. The maximum atomic E-state index is 9.21. The van der Waals surface area contributed by atoms with E-state index >= 15 is 0 Å². The molecule has 2 aromatic carbocycles. The van der Waals surface area contributed by atoms with E-state index < -0.39 is 0 Å². The zero-order valence-corrected chi connectivity index (χ0v) is 11.9. The van der Waals surface area contributed by atoms with Crippen LogP contribution in [0.15, 0.2) is 36.4 Å². The molecular formula is C17H20N2. The first-order valence-corrected chi connectivity index (χ1v) is 6.87. The van der Waals surface area contributed by atoms with Gasteiger partial charge < -0.3 is 4.90 Å². The lowest BCUT2D eigenvalue weighted by Gasteiger charge is -2.30. The molecule has 0 N–H and O–H groups in total. The van der Waals surface area contributed by atoms with Crippen LogP contribution in [0.5, 0.6) is 0 Å². The summed E-state index contributed by atoms with van der Waals surface area (Å²) in [6, 6.07) is 14.9. The maximum absolute atomic E-state index is 9.21. The summed E-state index contributed by atoms with van der Waals surface area (Å²) in [5, 5.41) is 11.4. The SMILES string of the molecule is CCCN(c1ccc(C#N)c2ccccc12)C(C)C. The van der Waals surface area contributed by atoms with Gasteiger partial charge in [0.05, 0.1) is 11.6 Å². The highest BCUT2D eigenvalue weighted by Gasteiger charge is 2.13. The minimum absolute atomic E-state index is 0.455. The Balaban J connectivity index is 2.64. The summed E-state index contributed by atoms with van der Waals surface area (Å²) in [5.74, 6) is 0. The van der Waals surface area contributed by atoms with Gasteiger partial charge in [-0.1, -0.05) is 31.2 Å². The van der Waals surface area contributed by atoms with E-state index in [0.29, 0.717) is 6.04 Å². The van der Waals surface area contributed by atoms with Gasteiger partial charge in [0.1, 0.15) is 0 Å². The van der Waals surface area contributed by atoms with Crippen molar-refractivity contribution in [3.05, 3.63) is 42.0 Å². The van der Waals surface area contributed by atoms with Crippen molar-refractivity contribution in [3.63, 3.8) is 0 Å². The fourth-order valence-corrected chi connectivity index (χ4v) is 2.53. The summed E-state index contributed by atoms with van der Waals surface area (Å²) in [5.41, 5.74) is 1.98. The molecule has 2 aromatic rings. The van der Waals surface area contributed by atoms with Crippen LogP contribution in [0.25, 0.3) is 10.8 Å². The lowest BCUT2D eigenvalue weighted by Crippen LogP contribution is -2.31. The zero-order chi connectivity index (χ0) is 13.8. The molecule has 19 heavy (non-hydrogen) atoms. The third kappa shape index (κ3) is 2.56. The van der Waals surface area contributed by atoms with Crippen molar-refractivity contribution in [3.8, 4) is 6.07 Å². The topological polar surface area (TPSA) is 27.0 Å². The lowest BCUT2D eigenvalue weighted by molar-refractivity contribution is 0.673. The van der Waals surface area contributed by atoms with Crippen LogP contribution in [0.2, 0.25) is 0 Å². The molecule has 0 heterocycles. The second-order valence-corrected chi connectivity index (χ2v) is 5.08. The Morgan fingerprint density at radius 1 is 1.11 bits per heavy atom. The van der Waals surface area contributed by atoms with Gasteiger partial charge in [-0.3, -0.25) is 0 Å². The van der Waals surface area contributed by atoms with E-state index in [0.717, 1.165) is 23.9 Å². The average Bonchev–Trinajstić information content (AvgIpc) is 2.43. The molecule has 0 atom stereocenters. The monoisotopic (exact) mass is 252 g/mol. The standard InChI is InChI=1S/C17H20N2/c1-4-11-19(13(2)3)17-10-9-14(12-18)15-7-5-6-8-16(15)17/h5-10,13H,4,11H2,1-3H3. The van der Waals surface area contributed by atoms with Crippen LogP contribution in [0, 0.1) is 11.3 Å². The zero-order valence-electron chi connectivity index (χ0n) is 11.9. The van der Waals surface area contributed by atoms with E-state index in [2.05, 4.69) is 43.9 Å². The third-order valence-corrected chi connectivity index (χ3v) is 3.42. The van der Waals surface area contributed by atoms with Crippen LogP contribution in [-0.2, 0) is 0 Å². The van der Waals surface area contributed by atoms with Gasteiger partial charge in [-0.25, -0.2) is 0 Å². The van der Waals surface area contributed by atoms with Crippen molar-refractivity contribution >= 4 is 16.5 Å². The summed E-state index contributed by atoms with van der Waals surface area (Å²) in [6.07, 6.45) is 1.12. The van der Waals surface area contributed by atoms with Crippen molar-refractivity contribution in [1.82, 2.24) is 0 Å². The molecule has 0 bridgehead atoms. The minimum atomic E-state index is 0.455. The van der Waals surface area contributed by atoms with E-state index in [1.54, 1.807) is 0 Å². The molecule has 0 radical (unpaired) electrons. The molecule has 2 nitrogen and oxygen atoms in total. The molecular weight excluding hydrogens is 232 g/mol. The van der Waals surface area contributed by atoms with Gasteiger partial charge >= 0.3 is 0 Å². The molecule has 0 saturated heterocycles. The quantitative estimate of drug-likeness (QED) is 0.809. The second kappa shape index (κ2) is 5.75. The number of hydrogen-bond donors (Lipinski definition) is 0. The first-order chi connectivity index (χ1) is 9.19. The molecule has 0 unspecified atom stereocenters. The summed E-state index contributed by atoms with van der Waals surface area (Å²) in [6.45, 7) is 7.65. The summed E-state index contributed by atoms with van der Waals surface area (Å²) < 4.78 is 0. The summed E-state index contributed by atoms with van der Waals surface area (Å²) in [4.78, 5) is 2.41. The summed E-state index contributed by atoms with van der Waals surface area (Å²) in [7, 11) is 0. The van der Waals surface area contributed by atoms with Gasteiger partial charge in [0, 0.05) is 29.0 Å². The van der Waals surface area contributed by atoms with E-state index in [-0.39, 0.29) is 0 Å². The molecule has 98 valence electrons. The second-order valence-electron chi connectivity index (χ2n) is 5.08. The highest BCUT2D eigenvalue weighted by molar-refractivity contribution is 5.97. The van der Waals surface area contributed by atoms with Gasteiger partial charge in [0.2, 0.25) is 0 Å². The van der Waals surface area contributed by atoms with E-state index in [4.69, 9.17) is 0 Å². The Morgan fingerprint density at radius 2 is 1.79 bits per heavy atom. The molecule has 0 aliphatic heterocycles. The first kappa shape index (κ1) is 13.4. The normalized spacial score (nSPS) is 10.7. The predicted octanol–water partition coefficient (Wildman–Crippen LogP) is 4.34. The highest BCUT2D eigenvalue weighted by atomic mass is 15.1. The van der Waals surface area contributed by atoms with Crippen LogP contribution >= 0.6 is 0 Å². The number of fused-ring (bicyclic) bond motifs is 1. The van der Waals surface area contributed by atoms with Crippen molar-refractivity contribution in [2.45, 2.75) is 33.2 Å². The maximum Gasteiger partial charge on any atom is 0.0998 e. The van der Waals surface area contributed by atoms with Crippen LogP contribution in [0.1, 0.15) is 32.8 Å². The number of benzene rings is 2. The predicted molar refractivity (Wildman–Crippen MR) is 81.4 cm³/mol. The Labute approximate surface area is 115 Å². The molecule has 0 spiro atoms. The molecule has 0 saturated carbocycles. The number of hydrogen-bond acceptors (Lipinski definition) is 2. The minimum Gasteiger partial charge on any atom is -0.369 e. The molecule has 0 aliphatic rings. The van der Waals surface area contributed by atoms with Crippen LogP contribution in [0.4, 0.5) is 5.69 Å². The van der Waals surface area contributed by atoms with Crippen LogP contribution < -0.4 is 4.90 Å². The van der Waals surface area contributed by atoms with E-state index in [1.165, 1.54) is 11.1 Å². The first-order valence-electron chi connectivity index (χ1n) is 6.87. The smallest absolute Gasteiger partial charge is 0.0998 e. The fraction of sp³-hybridized carbons (Fsp3) is 0.353. The number of nitrogens with zero attached hydrogens (tertiary/aromatic N) is 2. The number of rotatable bonds is 4. The summed E-state index contributed by atoms with van der Waals surface area (Å²) >= 11 is 0. The van der Waals surface area contributed by atoms with Crippen molar-refractivity contribution < 1.29 is 0 Å².